The lowest BCUT2D eigenvalue weighted by Crippen LogP contribution is -2.42. The highest BCUT2D eigenvalue weighted by atomic mass is 79.9. The number of aromatic nitrogens is 18. The number of nitrogens with one attached hydrogen (secondary N) is 2. The van der Waals surface area contributed by atoms with Crippen LogP contribution < -0.4 is 22.4 Å². The van der Waals surface area contributed by atoms with Crippen LogP contribution in [0.4, 0.5) is 22.8 Å². The molecule has 3 atom stereocenters. The number of aryl methyl sites for hydroxylation is 9. The Hall–Kier alpha value is -12.6. The normalized spacial score (nSPS) is 15.1. The van der Waals surface area contributed by atoms with E-state index in [0.29, 0.717) is 93.8 Å². The predicted molar refractivity (Wildman–Crippen MR) is 463 cm³/mol. The first kappa shape index (κ1) is 84.9. The van der Waals surface area contributed by atoms with Crippen molar-refractivity contribution in [2.24, 2.45) is 21.1 Å². The van der Waals surface area contributed by atoms with Crippen LogP contribution in [0.15, 0.2) is 166 Å². The number of H-pyrrole nitrogens is 1. The molecule has 12 heterocycles. The number of benzene rings is 6. The molecule has 0 spiro atoms. The molecule has 9 aromatic heterocycles. The summed E-state index contributed by atoms with van der Waals surface area (Å²) < 4.78 is 74.1. The van der Waals surface area contributed by atoms with Crippen molar-refractivity contribution in [3.8, 4) is 45.9 Å². The van der Waals surface area contributed by atoms with Gasteiger partial charge in [-0.3, -0.25) is 36.9 Å². The van der Waals surface area contributed by atoms with Crippen LogP contribution in [-0.4, -0.2) is 139 Å². The highest BCUT2D eigenvalue weighted by Crippen LogP contribution is 2.40. The number of imidazole rings is 3. The van der Waals surface area contributed by atoms with Gasteiger partial charge in [-0.25, -0.2) is 51.2 Å². The molecular weight excluding hydrogens is 1640 g/mol. The van der Waals surface area contributed by atoms with E-state index in [1.807, 2.05) is 136 Å². The summed E-state index contributed by atoms with van der Waals surface area (Å²) in [5.41, 5.74) is 12.5. The van der Waals surface area contributed by atoms with E-state index in [4.69, 9.17) is 24.8 Å². The van der Waals surface area contributed by atoms with Gasteiger partial charge in [0.05, 0.1) is 92.7 Å². The Balaban J connectivity index is 0.000000140. The molecule has 18 rings (SSSR count). The van der Waals surface area contributed by atoms with Gasteiger partial charge in [-0.1, -0.05) is 15.9 Å². The summed E-state index contributed by atoms with van der Waals surface area (Å²) >= 11 is 3.40. The second kappa shape index (κ2) is 32.9. The summed E-state index contributed by atoms with van der Waals surface area (Å²) in [5, 5.41) is 33.9. The van der Waals surface area contributed by atoms with Crippen LogP contribution in [0, 0.1) is 59.0 Å². The first-order chi connectivity index (χ1) is 56.9. The Morgan fingerprint density at radius 3 is 1.17 bits per heavy atom. The van der Waals surface area contributed by atoms with E-state index in [1.54, 1.807) is 179 Å². The maximum atomic E-state index is 14.6. The Bertz CT molecular complexity index is 6670. The van der Waals surface area contributed by atoms with Gasteiger partial charge in [-0.2, -0.15) is 30.6 Å². The van der Waals surface area contributed by atoms with Gasteiger partial charge < -0.3 is 29.6 Å². The van der Waals surface area contributed by atoms with Crippen molar-refractivity contribution in [1.29, 1.82) is 0 Å². The third kappa shape index (κ3) is 16.2. The SMILES string of the molecule is Cc1cc(-n2nc3c(c2-n2cc[nH]c2=O)[C@H](C)N(C(=O)OC(C)(C)C)CC3)cc(C)c1F.Cc1cc(-n2nc3c(c2-n2ccn(-c4ccc5c(cnn5C)c4)c2=O)[C@H](C)N(C(=O)OC(C)(C)C)CC3)cc(C)c1F.Cc1cc(-n2nc3c(c2-n2ccn(-c4ccc5c(cnn5C)c4)c2=O)[C@H](C)NCC3)cc(C)c1F.Cl.Cn1ncc2cc(Br)ccc21. The summed E-state index contributed by atoms with van der Waals surface area (Å²) in [7, 11) is 5.70. The first-order valence-electron chi connectivity index (χ1n) is 39.6. The van der Waals surface area contributed by atoms with E-state index in [0.717, 1.165) is 89.9 Å². The molecule has 28 nitrogen and oxygen atoms in total. The third-order valence-corrected chi connectivity index (χ3v) is 22.5. The fraction of sp³-hybridized carbons (Fsp3) is 0.330. The topological polar surface area (TPSA) is 270 Å². The molecule has 0 unspecified atom stereocenters. The summed E-state index contributed by atoms with van der Waals surface area (Å²) in [4.78, 5) is 72.5. The molecule has 33 heteroatoms. The van der Waals surface area contributed by atoms with Crippen molar-refractivity contribution in [2.45, 2.75) is 152 Å². The van der Waals surface area contributed by atoms with Crippen molar-refractivity contribution >= 4 is 73.2 Å². The van der Waals surface area contributed by atoms with Crippen LogP contribution in [0.25, 0.3) is 78.6 Å². The van der Waals surface area contributed by atoms with Crippen LogP contribution in [0.3, 0.4) is 0 Å². The molecule has 630 valence electrons. The van der Waals surface area contributed by atoms with Crippen molar-refractivity contribution < 1.29 is 32.2 Å². The molecule has 0 aliphatic carbocycles. The van der Waals surface area contributed by atoms with Gasteiger partial charge in [0, 0.05) is 141 Å². The van der Waals surface area contributed by atoms with Crippen molar-refractivity contribution in [1.82, 2.24) is 102 Å². The molecule has 0 radical (unpaired) electrons. The van der Waals surface area contributed by atoms with Crippen molar-refractivity contribution in [3.05, 3.63) is 267 Å². The second-order valence-corrected chi connectivity index (χ2v) is 33.8. The smallest absolute Gasteiger partial charge is 0.410 e. The first-order valence-corrected chi connectivity index (χ1v) is 40.4. The maximum absolute atomic E-state index is 14.6. The number of hydrogen-bond donors (Lipinski definition) is 2. The second-order valence-electron chi connectivity index (χ2n) is 32.9. The number of rotatable bonds is 8. The minimum Gasteiger partial charge on any atom is -0.444 e. The average Bonchev–Trinajstić information content (AvgIpc) is 1.60. The number of fused-ring (bicyclic) bond motifs is 6. The fourth-order valence-electron chi connectivity index (χ4n) is 16.1. The quantitative estimate of drug-likeness (QED) is 0.143. The van der Waals surface area contributed by atoms with Gasteiger partial charge in [0.15, 0.2) is 0 Å². The minimum atomic E-state index is -0.656. The van der Waals surface area contributed by atoms with Gasteiger partial charge in [0.1, 0.15) is 46.1 Å². The number of amides is 2. The summed E-state index contributed by atoms with van der Waals surface area (Å²) in [6, 6.07) is 27.3. The standard InChI is InChI=1S/C31H34FN7O3.C26H26FN7O.C23H28FN5O3.C8H7BrN2.ClH/c1-18-14-23(15-19(2)27(18)32)39-28(26-20(3)36(11-10-24(26)34-39)30(41)42-31(4,5)6)38-13-12-37(29(38)40)22-8-9-25-21(16-22)17-33-35(25)7;1-15-11-20(12-16(2)24(15)27)34-25(23-17(3)28-8-7-21(23)30-34)33-10-9-32(26(33)35)19-5-6-22-18(13-19)14-29-31(22)4;1-13-11-16(12-14(2)19(13)24)29-20(28-10-8-25-21(28)30)18-15(3)27(9-7-17(18)26-29)22(31)32-23(4,5)6;1-11-8-3-2-7(9)4-6(8)5-10-11;/h8-9,12-17,20H,10-11H2,1-7H3;5-6,9-14,17,28H,7-8H2,1-4H3;8,10-12,15H,7,9H2,1-6H3,(H,25,30);2-5H,1H3;1H/t20-;17-;15-;;/m000../s1. The van der Waals surface area contributed by atoms with Gasteiger partial charge in [-0.05, 0) is 228 Å². The van der Waals surface area contributed by atoms with Gasteiger partial charge in [0.2, 0.25) is 0 Å². The summed E-state index contributed by atoms with van der Waals surface area (Å²) in [6.45, 7) is 28.8. The molecule has 0 bridgehead atoms. The zero-order valence-corrected chi connectivity index (χ0v) is 73.0. The third-order valence-electron chi connectivity index (χ3n) is 22.0. The van der Waals surface area contributed by atoms with Gasteiger partial charge >= 0.3 is 29.3 Å². The molecule has 2 N–H and O–H groups in total. The zero-order valence-electron chi connectivity index (χ0n) is 70.6. The number of hydrogen-bond acceptors (Lipinski definition) is 14. The van der Waals surface area contributed by atoms with E-state index in [9.17, 15) is 37.1 Å². The molecule has 15 aromatic rings. The molecule has 3 aliphatic heterocycles. The van der Waals surface area contributed by atoms with Crippen LogP contribution in [0.2, 0.25) is 0 Å². The van der Waals surface area contributed by atoms with Crippen LogP contribution in [0.1, 0.15) is 148 Å². The number of ether oxygens (including phenoxy) is 2. The molecule has 0 saturated carbocycles. The highest BCUT2D eigenvalue weighted by Gasteiger charge is 2.40. The van der Waals surface area contributed by atoms with Crippen LogP contribution >= 0.6 is 28.3 Å². The lowest BCUT2D eigenvalue weighted by Gasteiger charge is -2.34. The zero-order chi connectivity index (χ0) is 85.7. The molecular formula is C88H96BrClF3N21O7. The Morgan fingerprint density at radius 2 is 0.802 bits per heavy atom. The maximum Gasteiger partial charge on any atom is 0.410 e. The number of carbonyl (C=O) groups excluding carboxylic acids is 2. The summed E-state index contributed by atoms with van der Waals surface area (Å²) in [5.74, 6) is 0.929. The number of aromatic amines is 1. The van der Waals surface area contributed by atoms with E-state index in [2.05, 4.69) is 54.5 Å². The number of carbonyl (C=O) groups is 2. The predicted octanol–water partition coefficient (Wildman–Crippen LogP) is 15.7. The number of halogens is 5. The lowest BCUT2D eigenvalue weighted by atomic mass is 10.00. The Labute approximate surface area is 709 Å². The Kier molecular flexibility index (Phi) is 23.1. The van der Waals surface area contributed by atoms with E-state index >= 15 is 0 Å². The summed E-state index contributed by atoms with van der Waals surface area (Å²) in [6.07, 6.45) is 16.4. The molecule has 6 aromatic carbocycles. The van der Waals surface area contributed by atoms with Crippen molar-refractivity contribution in [3.63, 3.8) is 0 Å². The van der Waals surface area contributed by atoms with E-state index in [-0.39, 0.29) is 59.0 Å². The van der Waals surface area contributed by atoms with Crippen LogP contribution in [0.5, 0.6) is 0 Å². The fourth-order valence-corrected chi connectivity index (χ4v) is 16.5. The van der Waals surface area contributed by atoms with Crippen LogP contribution in [-0.2, 0) is 49.9 Å². The molecule has 0 fully saturated rings. The molecule has 2 amide bonds. The highest BCUT2D eigenvalue weighted by molar-refractivity contribution is 9.10. The van der Waals surface area contributed by atoms with Crippen molar-refractivity contribution in [2.75, 3.05) is 19.6 Å². The largest absolute Gasteiger partial charge is 0.444 e. The van der Waals surface area contributed by atoms with E-state index in [1.165, 1.54) is 9.95 Å². The van der Waals surface area contributed by atoms with E-state index < -0.39 is 29.4 Å². The number of nitrogens with zero attached hydrogens (tertiary/aromatic N) is 19. The van der Waals surface area contributed by atoms with Gasteiger partial charge in [-0.15, -0.1) is 12.4 Å². The lowest BCUT2D eigenvalue weighted by molar-refractivity contribution is 0.0148. The monoisotopic (exact) mass is 1730 g/mol. The molecule has 3 aliphatic rings. The average molecular weight is 1730 g/mol. The molecule has 121 heavy (non-hydrogen) atoms. The van der Waals surface area contributed by atoms with Gasteiger partial charge in [0.25, 0.3) is 0 Å². The Morgan fingerprint density at radius 1 is 0.455 bits per heavy atom. The molecule has 0 saturated heterocycles. The minimum absolute atomic E-state index is 0.